The maximum absolute atomic E-state index is 13.1. The van der Waals surface area contributed by atoms with E-state index in [1.54, 1.807) is 22.7 Å². The number of para-hydroxylation sites is 2. The van der Waals surface area contributed by atoms with Crippen molar-refractivity contribution >= 4 is 61.9 Å². The van der Waals surface area contributed by atoms with Crippen LogP contribution in [-0.4, -0.2) is 29.6 Å². The molecule has 0 unspecified atom stereocenters. The molecule has 27 heavy (non-hydrogen) atoms. The van der Waals surface area contributed by atoms with Crippen LogP contribution in [-0.2, 0) is 4.79 Å². The summed E-state index contributed by atoms with van der Waals surface area (Å²) in [6.07, 6.45) is 1.72. The van der Waals surface area contributed by atoms with E-state index in [1.165, 1.54) is 11.8 Å². The van der Waals surface area contributed by atoms with Gasteiger partial charge in [-0.05, 0) is 52.0 Å². The third-order valence-electron chi connectivity index (χ3n) is 4.18. The van der Waals surface area contributed by atoms with E-state index in [9.17, 15) is 4.79 Å². The topological polar surface area (TPSA) is 35.9 Å². The molecule has 2 heterocycles. The summed E-state index contributed by atoms with van der Waals surface area (Å²) in [5.41, 5.74) is 1.91. The van der Waals surface area contributed by atoms with Crippen LogP contribution in [0, 0.1) is 0 Å². The van der Waals surface area contributed by atoms with E-state index in [1.807, 2.05) is 43.4 Å². The Morgan fingerprint density at radius 1 is 1.15 bits per heavy atom. The van der Waals surface area contributed by atoms with Gasteiger partial charge < -0.3 is 4.90 Å². The number of hydrogen-bond acceptors (Lipinski definition) is 5. The molecule has 0 spiro atoms. The van der Waals surface area contributed by atoms with Crippen LogP contribution in [0.1, 0.15) is 0 Å². The van der Waals surface area contributed by atoms with Crippen molar-refractivity contribution in [1.82, 2.24) is 4.90 Å². The molecule has 0 aliphatic carbocycles. The van der Waals surface area contributed by atoms with E-state index < -0.39 is 0 Å². The number of hydrogen-bond donors (Lipinski definition) is 0. The second-order valence-electron chi connectivity index (χ2n) is 5.92. The number of fused-ring (bicyclic) bond motifs is 1. The number of carbonyl (C=O) groups is 1. The fraction of sp³-hybridized carbons (Fsp3) is 0.100. The first-order valence-corrected chi connectivity index (χ1v) is 10.7. The van der Waals surface area contributed by atoms with Crippen molar-refractivity contribution in [2.24, 2.45) is 4.99 Å². The Bertz CT molecular complexity index is 1000. The highest BCUT2D eigenvalue weighted by atomic mass is 79.9. The lowest BCUT2D eigenvalue weighted by Gasteiger charge is -2.15. The van der Waals surface area contributed by atoms with Crippen LogP contribution in [0.3, 0.4) is 0 Å². The average Bonchev–Trinajstić information content (AvgIpc) is 3.16. The predicted octanol–water partition coefficient (Wildman–Crippen LogP) is 5.61. The number of amides is 1. The smallest absolute Gasteiger partial charge is 0.269 e. The molecule has 7 heteroatoms. The first kappa shape index (κ1) is 18.4. The van der Waals surface area contributed by atoms with Crippen molar-refractivity contribution in [2.45, 2.75) is 4.90 Å². The van der Waals surface area contributed by atoms with Gasteiger partial charge in [-0.3, -0.25) is 9.69 Å². The molecular weight excluding hydrogens is 442 g/mol. The van der Waals surface area contributed by atoms with Crippen molar-refractivity contribution in [2.75, 3.05) is 18.5 Å². The minimum absolute atomic E-state index is 0.0344. The van der Waals surface area contributed by atoms with Gasteiger partial charge in [-0.25, -0.2) is 4.99 Å². The number of rotatable bonds is 3. The Morgan fingerprint density at radius 3 is 2.63 bits per heavy atom. The number of halogens is 1. The molecule has 1 fully saturated rings. The Kier molecular flexibility index (Phi) is 5.16. The second kappa shape index (κ2) is 7.58. The van der Waals surface area contributed by atoms with E-state index in [2.05, 4.69) is 39.5 Å². The normalized spacial score (nSPS) is 20.5. The zero-order valence-corrected chi connectivity index (χ0v) is 17.8. The van der Waals surface area contributed by atoms with E-state index in [4.69, 9.17) is 4.99 Å². The Morgan fingerprint density at radius 2 is 1.89 bits per heavy atom. The number of nitrogens with zero attached hydrogens (tertiary/aromatic N) is 3. The number of aliphatic imine (C=N–C) groups is 1. The molecular formula is C20H16BrN3OS2. The minimum Gasteiger partial charge on any atom is -0.337 e. The van der Waals surface area contributed by atoms with Crippen LogP contribution < -0.4 is 4.90 Å². The molecule has 1 amide bonds. The lowest BCUT2D eigenvalue weighted by atomic mass is 10.3. The first-order valence-electron chi connectivity index (χ1n) is 8.29. The number of thioether (sulfide) groups is 2. The lowest BCUT2D eigenvalue weighted by molar-refractivity contribution is -0.121. The molecule has 0 aromatic heterocycles. The maximum Gasteiger partial charge on any atom is 0.269 e. The van der Waals surface area contributed by atoms with E-state index in [0.29, 0.717) is 16.6 Å². The van der Waals surface area contributed by atoms with Crippen molar-refractivity contribution in [3.63, 3.8) is 0 Å². The van der Waals surface area contributed by atoms with Gasteiger partial charge >= 0.3 is 0 Å². The SMILES string of the molecule is C=CCN1C(=O)/C(=C2/Sc3ccccc3N2C)SC1=Nc1ccccc1Br. The monoisotopic (exact) mass is 457 g/mol. The molecule has 4 rings (SSSR count). The second-order valence-corrected chi connectivity index (χ2v) is 8.78. The summed E-state index contributed by atoms with van der Waals surface area (Å²) in [4.78, 5) is 23.5. The van der Waals surface area contributed by atoms with Crippen molar-refractivity contribution < 1.29 is 4.79 Å². The van der Waals surface area contributed by atoms with Crippen LogP contribution in [0.5, 0.6) is 0 Å². The molecule has 136 valence electrons. The van der Waals surface area contributed by atoms with Gasteiger partial charge in [-0.2, -0.15) is 0 Å². The highest BCUT2D eigenvalue weighted by Gasteiger charge is 2.38. The van der Waals surface area contributed by atoms with Crippen LogP contribution in [0.4, 0.5) is 11.4 Å². The molecule has 4 nitrogen and oxygen atoms in total. The summed E-state index contributed by atoms with van der Waals surface area (Å²) < 4.78 is 0.893. The molecule has 0 radical (unpaired) electrons. The van der Waals surface area contributed by atoms with Crippen LogP contribution in [0.25, 0.3) is 0 Å². The number of benzene rings is 2. The maximum atomic E-state index is 13.1. The summed E-state index contributed by atoms with van der Waals surface area (Å²) in [5.74, 6) is -0.0344. The fourth-order valence-electron chi connectivity index (χ4n) is 2.85. The molecule has 0 bridgehead atoms. The summed E-state index contributed by atoms with van der Waals surface area (Å²) in [7, 11) is 2.00. The van der Waals surface area contributed by atoms with Gasteiger partial charge in [0.15, 0.2) is 5.17 Å². The van der Waals surface area contributed by atoms with Crippen LogP contribution in [0.15, 0.2) is 85.5 Å². The highest BCUT2D eigenvalue weighted by molar-refractivity contribution is 9.10. The molecule has 0 atom stereocenters. The number of carbonyl (C=O) groups excluding carboxylic acids is 1. The predicted molar refractivity (Wildman–Crippen MR) is 118 cm³/mol. The summed E-state index contributed by atoms with van der Waals surface area (Å²) in [6.45, 7) is 4.21. The summed E-state index contributed by atoms with van der Waals surface area (Å²) in [6, 6.07) is 15.9. The van der Waals surface area contributed by atoms with Gasteiger partial charge in [0.2, 0.25) is 0 Å². The van der Waals surface area contributed by atoms with Gasteiger partial charge in [0.05, 0.1) is 16.4 Å². The van der Waals surface area contributed by atoms with Gasteiger partial charge in [-0.15, -0.1) is 6.58 Å². The summed E-state index contributed by atoms with van der Waals surface area (Å²) in [5, 5.41) is 1.61. The van der Waals surface area contributed by atoms with Crippen LogP contribution in [0.2, 0.25) is 0 Å². The first-order chi connectivity index (χ1) is 13.1. The molecule has 2 aromatic carbocycles. The average molecular weight is 458 g/mol. The van der Waals surface area contributed by atoms with E-state index in [-0.39, 0.29) is 5.91 Å². The van der Waals surface area contributed by atoms with E-state index >= 15 is 0 Å². The fourth-order valence-corrected chi connectivity index (χ4v) is 5.57. The summed E-state index contributed by atoms with van der Waals surface area (Å²) >= 11 is 6.56. The van der Waals surface area contributed by atoms with Gasteiger partial charge in [0.1, 0.15) is 4.91 Å². The van der Waals surface area contributed by atoms with Crippen molar-refractivity contribution in [3.05, 3.63) is 75.6 Å². The van der Waals surface area contributed by atoms with Gasteiger partial charge in [0, 0.05) is 23.0 Å². The Labute approximate surface area is 175 Å². The van der Waals surface area contributed by atoms with Gasteiger partial charge in [0.25, 0.3) is 5.91 Å². The van der Waals surface area contributed by atoms with E-state index in [0.717, 1.165) is 25.8 Å². The third-order valence-corrected chi connectivity index (χ3v) is 7.28. The number of amidine groups is 1. The molecule has 0 saturated carbocycles. The molecule has 1 saturated heterocycles. The zero-order chi connectivity index (χ0) is 19.0. The van der Waals surface area contributed by atoms with Crippen molar-refractivity contribution in [1.29, 1.82) is 0 Å². The van der Waals surface area contributed by atoms with Crippen molar-refractivity contribution in [3.8, 4) is 0 Å². The lowest BCUT2D eigenvalue weighted by Crippen LogP contribution is -2.29. The molecule has 2 aliphatic heterocycles. The molecule has 0 N–H and O–H groups in total. The molecule has 2 aromatic rings. The number of anilines is 1. The zero-order valence-electron chi connectivity index (χ0n) is 14.6. The third kappa shape index (κ3) is 3.35. The highest BCUT2D eigenvalue weighted by Crippen LogP contribution is 2.50. The van der Waals surface area contributed by atoms with Crippen LogP contribution >= 0.6 is 39.5 Å². The largest absolute Gasteiger partial charge is 0.337 e. The molecule has 2 aliphatic rings. The standard InChI is InChI=1S/C20H16BrN3OS2/c1-3-12-24-18(25)17(19-23(2)15-10-6-7-11-16(15)26-19)27-20(24)22-14-9-5-4-8-13(14)21/h3-11H,1,12H2,2H3/b19-17-,22-20?. The minimum atomic E-state index is -0.0344. The Balaban J connectivity index is 1.76. The quantitative estimate of drug-likeness (QED) is 0.443. The Hall–Kier alpha value is -1.96. The van der Waals surface area contributed by atoms with Gasteiger partial charge in [-0.1, -0.05) is 42.1 Å².